The first kappa shape index (κ1) is 19.5. The summed E-state index contributed by atoms with van der Waals surface area (Å²) >= 11 is 0. The Morgan fingerprint density at radius 1 is 1.25 bits per heavy atom. The number of rotatable bonds is 5. The number of hydrogen-bond acceptors (Lipinski definition) is 6. The lowest BCUT2D eigenvalue weighted by molar-refractivity contribution is -0.124. The number of carbonyl (C=O) groups is 2. The third kappa shape index (κ3) is 3.58. The van der Waals surface area contributed by atoms with E-state index in [4.69, 9.17) is 15.2 Å². The summed E-state index contributed by atoms with van der Waals surface area (Å²) in [5.41, 5.74) is 5.84. The molecule has 0 bridgehead atoms. The molecule has 1 heterocycles. The lowest BCUT2D eigenvalue weighted by Crippen LogP contribution is -2.49. The Kier molecular flexibility index (Phi) is 5.14. The van der Waals surface area contributed by atoms with Crippen LogP contribution in [0.5, 0.6) is 11.5 Å². The monoisotopic (exact) mass is 405 g/mol. The summed E-state index contributed by atoms with van der Waals surface area (Å²) < 4.78 is 38.4. The quantitative estimate of drug-likeness (QED) is 0.766. The number of anilines is 2. The van der Waals surface area contributed by atoms with Crippen LogP contribution in [0.2, 0.25) is 0 Å². The van der Waals surface area contributed by atoms with Gasteiger partial charge in [-0.05, 0) is 30.3 Å². The van der Waals surface area contributed by atoms with Crippen molar-refractivity contribution in [1.82, 2.24) is 0 Å². The number of nitrogens with one attached hydrogen (secondary N) is 1. The van der Waals surface area contributed by atoms with Gasteiger partial charge in [0.15, 0.2) is 6.10 Å². The van der Waals surface area contributed by atoms with Crippen LogP contribution in [0.25, 0.3) is 0 Å². The SMILES string of the molecule is COc1ccc(S(=O)(=O)N2C[C@@H](C(N)=O)Oc3ccccc32)cc1NC(C)=O. The van der Waals surface area contributed by atoms with Crippen molar-refractivity contribution in [2.45, 2.75) is 17.9 Å². The highest BCUT2D eigenvalue weighted by molar-refractivity contribution is 7.92. The lowest BCUT2D eigenvalue weighted by Gasteiger charge is -2.34. The van der Waals surface area contributed by atoms with Crippen molar-refractivity contribution in [3.8, 4) is 11.5 Å². The van der Waals surface area contributed by atoms with Gasteiger partial charge in [-0.3, -0.25) is 13.9 Å². The molecule has 1 atom stereocenters. The normalized spacial score (nSPS) is 15.9. The first-order valence-corrected chi connectivity index (χ1v) is 9.71. The molecule has 28 heavy (non-hydrogen) atoms. The Labute approximate surface area is 162 Å². The molecule has 2 aromatic rings. The van der Waals surface area contributed by atoms with Crippen LogP contribution < -0.4 is 24.8 Å². The van der Waals surface area contributed by atoms with E-state index >= 15 is 0 Å². The molecule has 0 saturated heterocycles. The van der Waals surface area contributed by atoms with Crippen LogP contribution in [0.3, 0.4) is 0 Å². The van der Waals surface area contributed by atoms with Gasteiger partial charge in [0, 0.05) is 6.92 Å². The molecule has 3 rings (SSSR count). The molecule has 0 aliphatic carbocycles. The van der Waals surface area contributed by atoms with Crippen LogP contribution in [0.4, 0.5) is 11.4 Å². The Balaban J connectivity index is 2.09. The summed E-state index contributed by atoms with van der Waals surface area (Å²) in [6.45, 7) is 1.03. The Bertz CT molecular complexity index is 1040. The van der Waals surface area contributed by atoms with E-state index in [-0.39, 0.29) is 34.5 Å². The number of hydrogen-bond donors (Lipinski definition) is 2. The number of benzene rings is 2. The number of primary amides is 1. The van der Waals surface area contributed by atoms with E-state index < -0.39 is 22.0 Å². The fraction of sp³-hybridized carbons (Fsp3) is 0.222. The van der Waals surface area contributed by atoms with Gasteiger partial charge in [0.1, 0.15) is 11.5 Å². The summed E-state index contributed by atoms with van der Waals surface area (Å²) in [5.74, 6) is -0.606. The molecule has 0 radical (unpaired) electrons. The van der Waals surface area contributed by atoms with Crippen LogP contribution in [0.1, 0.15) is 6.92 Å². The fourth-order valence-electron chi connectivity index (χ4n) is 2.84. The van der Waals surface area contributed by atoms with Gasteiger partial charge in [-0.2, -0.15) is 0 Å². The van der Waals surface area contributed by atoms with Gasteiger partial charge in [-0.25, -0.2) is 8.42 Å². The second kappa shape index (κ2) is 7.39. The number of para-hydroxylation sites is 2. The average molecular weight is 405 g/mol. The standard InChI is InChI=1S/C18H19N3O6S/c1-11(22)20-13-9-12(7-8-15(13)26-2)28(24,25)21-10-17(18(19)23)27-16-6-4-3-5-14(16)21/h3-9,17H,10H2,1-2H3,(H2,19,23)(H,20,22)/t17-/m0/s1. The van der Waals surface area contributed by atoms with E-state index in [1.54, 1.807) is 24.3 Å². The second-order valence-corrected chi connectivity index (χ2v) is 7.92. The number of sulfonamides is 1. The highest BCUT2D eigenvalue weighted by atomic mass is 32.2. The smallest absolute Gasteiger partial charge is 0.264 e. The minimum atomic E-state index is -4.09. The van der Waals surface area contributed by atoms with Gasteiger partial charge >= 0.3 is 0 Å². The van der Waals surface area contributed by atoms with E-state index in [0.717, 1.165) is 4.31 Å². The summed E-state index contributed by atoms with van der Waals surface area (Å²) in [6.07, 6.45) is -1.13. The summed E-state index contributed by atoms with van der Waals surface area (Å²) in [7, 11) is -2.68. The largest absolute Gasteiger partial charge is 0.495 e. The second-order valence-electron chi connectivity index (χ2n) is 6.06. The van der Waals surface area contributed by atoms with Gasteiger partial charge in [0.2, 0.25) is 5.91 Å². The zero-order valence-corrected chi connectivity index (χ0v) is 16.0. The first-order chi connectivity index (χ1) is 13.2. The Morgan fingerprint density at radius 2 is 1.96 bits per heavy atom. The molecule has 1 aliphatic rings. The molecule has 2 aromatic carbocycles. The van der Waals surface area contributed by atoms with Gasteiger partial charge in [-0.15, -0.1) is 0 Å². The molecule has 0 saturated carbocycles. The summed E-state index contributed by atoms with van der Waals surface area (Å²) in [4.78, 5) is 23.0. The Morgan fingerprint density at radius 3 is 2.61 bits per heavy atom. The third-order valence-corrected chi connectivity index (χ3v) is 5.90. The third-order valence-electron chi connectivity index (χ3n) is 4.12. The number of ether oxygens (including phenoxy) is 2. The van der Waals surface area contributed by atoms with Crippen molar-refractivity contribution >= 4 is 33.2 Å². The lowest BCUT2D eigenvalue weighted by atomic mass is 10.2. The number of carbonyl (C=O) groups excluding carboxylic acids is 2. The van der Waals surface area contributed by atoms with Crippen molar-refractivity contribution in [2.24, 2.45) is 5.73 Å². The molecule has 9 nitrogen and oxygen atoms in total. The predicted molar refractivity (Wildman–Crippen MR) is 102 cm³/mol. The van der Waals surface area contributed by atoms with E-state index in [0.29, 0.717) is 5.75 Å². The molecule has 0 unspecified atom stereocenters. The maximum atomic E-state index is 13.3. The summed E-state index contributed by atoms with van der Waals surface area (Å²) in [6, 6.07) is 10.5. The number of methoxy groups -OCH3 is 1. The van der Waals surface area contributed by atoms with Crippen LogP contribution in [-0.4, -0.2) is 40.0 Å². The molecule has 2 amide bonds. The van der Waals surface area contributed by atoms with Crippen LogP contribution in [0.15, 0.2) is 47.4 Å². The molecular weight excluding hydrogens is 386 g/mol. The molecule has 10 heteroatoms. The first-order valence-electron chi connectivity index (χ1n) is 8.27. The molecule has 1 aliphatic heterocycles. The van der Waals surface area contributed by atoms with E-state index in [2.05, 4.69) is 5.32 Å². The minimum absolute atomic E-state index is 0.0861. The molecule has 148 valence electrons. The van der Waals surface area contributed by atoms with Crippen LogP contribution in [-0.2, 0) is 19.6 Å². The van der Waals surface area contributed by atoms with Gasteiger partial charge < -0.3 is 20.5 Å². The summed E-state index contributed by atoms with van der Waals surface area (Å²) in [5, 5.41) is 2.54. The van der Waals surface area contributed by atoms with E-state index in [9.17, 15) is 18.0 Å². The van der Waals surface area contributed by atoms with Crippen molar-refractivity contribution in [1.29, 1.82) is 0 Å². The maximum absolute atomic E-state index is 13.3. The van der Waals surface area contributed by atoms with E-state index in [1.165, 1.54) is 32.2 Å². The minimum Gasteiger partial charge on any atom is -0.495 e. The number of amides is 2. The molecule has 0 aromatic heterocycles. The number of fused-ring (bicyclic) bond motifs is 1. The van der Waals surface area contributed by atoms with E-state index in [1.807, 2.05) is 0 Å². The van der Waals surface area contributed by atoms with Crippen molar-refractivity contribution in [3.63, 3.8) is 0 Å². The Hall–Kier alpha value is -3.27. The topological polar surface area (TPSA) is 128 Å². The predicted octanol–water partition coefficient (Wildman–Crippen LogP) is 1.10. The van der Waals surface area contributed by atoms with Gasteiger partial charge in [0.05, 0.1) is 29.9 Å². The van der Waals surface area contributed by atoms with Crippen molar-refractivity contribution in [2.75, 3.05) is 23.3 Å². The maximum Gasteiger partial charge on any atom is 0.264 e. The van der Waals surface area contributed by atoms with Crippen LogP contribution in [0, 0.1) is 0 Å². The molecule has 0 spiro atoms. The van der Waals surface area contributed by atoms with Crippen molar-refractivity contribution in [3.05, 3.63) is 42.5 Å². The van der Waals surface area contributed by atoms with Gasteiger partial charge in [-0.1, -0.05) is 12.1 Å². The fourth-order valence-corrected chi connectivity index (χ4v) is 4.34. The van der Waals surface area contributed by atoms with Crippen molar-refractivity contribution < 1.29 is 27.5 Å². The van der Waals surface area contributed by atoms with Crippen LogP contribution >= 0.6 is 0 Å². The highest BCUT2D eigenvalue weighted by Gasteiger charge is 2.36. The molecule has 3 N–H and O–H groups in total. The number of nitrogens with zero attached hydrogens (tertiary/aromatic N) is 1. The number of nitrogens with two attached hydrogens (primary N) is 1. The van der Waals surface area contributed by atoms with Gasteiger partial charge in [0.25, 0.3) is 15.9 Å². The molecule has 0 fully saturated rings. The highest BCUT2D eigenvalue weighted by Crippen LogP contribution is 2.38. The zero-order chi connectivity index (χ0) is 20.5. The average Bonchev–Trinajstić information content (AvgIpc) is 2.66. The molecular formula is C18H19N3O6S. The zero-order valence-electron chi connectivity index (χ0n) is 15.2.